The van der Waals surface area contributed by atoms with E-state index in [9.17, 15) is 0 Å². The van der Waals surface area contributed by atoms with E-state index >= 15 is 0 Å². The average molecular weight is 257 g/mol. The van der Waals surface area contributed by atoms with Gasteiger partial charge in [0.15, 0.2) is 0 Å². The van der Waals surface area contributed by atoms with Gasteiger partial charge in [-0.25, -0.2) is 0 Å². The maximum atomic E-state index is 5.51. The second kappa shape index (κ2) is 5.53. The summed E-state index contributed by atoms with van der Waals surface area (Å²) in [6, 6.07) is 10.6. The highest BCUT2D eigenvalue weighted by Crippen LogP contribution is 2.36. The zero-order chi connectivity index (χ0) is 13.0. The number of hydrogen-bond donors (Lipinski definition) is 1. The van der Waals surface area contributed by atoms with Crippen molar-refractivity contribution < 1.29 is 4.42 Å². The van der Waals surface area contributed by atoms with Crippen molar-refractivity contribution in [1.29, 1.82) is 0 Å². The molecule has 2 aromatic rings. The minimum Gasteiger partial charge on any atom is -0.427 e. The molecule has 0 atom stereocenters. The monoisotopic (exact) mass is 257 g/mol. The van der Waals surface area contributed by atoms with Gasteiger partial charge in [-0.2, -0.15) is 0 Å². The Bertz CT molecular complexity index is 489. The molecule has 3 rings (SSSR count). The van der Waals surface area contributed by atoms with Crippen molar-refractivity contribution in [2.45, 2.75) is 31.1 Å². The van der Waals surface area contributed by atoms with Crippen molar-refractivity contribution in [3.8, 4) is 0 Å². The van der Waals surface area contributed by atoms with Gasteiger partial charge in [-0.05, 0) is 44.3 Å². The summed E-state index contributed by atoms with van der Waals surface area (Å²) in [5, 5.41) is 11.5. The molecule has 4 heteroatoms. The van der Waals surface area contributed by atoms with Crippen LogP contribution in [0.4, 0.5) is 0 Å². The van der Waals surface area contributed by atoms with Gasteiger partial charge >= 0.3 is 0 Å². The van der Waals surface area contributed by atoms with Crippen LogP contribution in [0.2, 0.25) is 0 Å². The molecular formula is C15H19N3O. The van der Waals surface area contributed by atoms with Crippen LogP contribution in [0.3, 0.4) is 0 Å². The lowest BCUT2D eigenvalue weighted by Crippen LogP contribution is -2.40. The first-order valence-corrected chi connectivity index (χ1v) is 6.90. The van der Waals surface area contributed by atoms with Crippen LogP contribution in [0.15, 0.2) is 41.1 Å². The minimum absolute atomic E-state index is 0.0532. The molecule has 1 aromatic heterocycles. The van der Waals surface area contributed by atoms with Crippen LogP contribution in [0.25, 0.3) is 0 Å². The van der Waals surface area contributed by atoms with Gasteiger partial charge in [0.05, 0.1) is 5.41 Å². The van der Waals surface area contributed by atoms with E-state index in [4.69, 9.17) is 4.42 Å². The molecule has 0 spiro atoms. The van der Waals surface area contributed by atoms with Crippen molar-refractivity contribution in [2.75, 3.05) is 13.1 Å². The first-order valence-electron chi connectivity index (χ1n) is 6.90. The molecule has 1 aromatic carbocycles. The van der Waals surface area contributed by atoms with Gasteiger partial charge in [0.2, 0.25) is 12.3 Å². The lowest BCUT2D eigenvalue weighted by Gasteiger charge is -2.34. The van der Waals surface area contributed by atoms with Crippen molar-refractivity contribution in [1.82, 2.24) is 15.5 Å². The number of aromatic nitrogens is 2. The minimum atomic E-state index is 0.0532. The number of aryl methyl sites for hydroxylation is 1. The first-order chi connectivity index (χ1) is 9.39. The number of hydrogen-bond acceptors (Lipinski definition) is 4. The molecular weight excluding hydrogens is 238 g/mol. The number of nitrogens with zero attached hydrogens (tertiary/aromatic N) is 2. The Morgan fingerprint density at radius 2 is 1.95 bits per heavy atom. The molecule has 0 unspecified atom stereocenters. The van der Waals surface area contributed by atoms with Crippen LogP contribution in [-0.2, 0) is 11.8 Å². The molecule has 1 saturated heterocycles. The number of rotatable bonds is 4. The van der Waals surface area contributed by atoms with Crippen LogP contribution < -0.4 is 5.32 Å². The second-order valence-electron chi connectivity index (χ2n) is 5.26. The van der Waals surface area contributed by atoms with Crippen LogP contribution in [0, 0.1) is 0 Å². The molecule has 0 radical (unpaired) electrons. The number of piperidine rings is 1. The van der Waals surface area contributed by atoms with E-state index in [1.54, 1.807) is 0 Å². The number of nitrogens with one attached hydrogen (secondary N) is 1. The summed E-state index contributed by atoms with van der Waals surface area (Å²) in [5.74, 6) is 0.810. The van der Waals surface area contributed by atoms with E-state index in [0.29, 0.717) is 0 Å². The quantitative estimate of drug-likeness (QED) is 0.913. The fraction of sp³-hybridized carbons (Fsp3) is 0.467. The van der Waals surface area contributed by atoms with Gasteiger partial charge in [-0.1, -0.05) is 30.3 Å². The third-order valence-electron chi connectivity index (χ3n) is 4.11. The molecule has 100 valence electrons. The lowest BCUT2D eigenvalue weighted by atomic mass is 9.74. The van der Waals surface area contributed by atoms with E-state index in [1.807, 2.05) is 0 Å². The summed E-state index contributed by atoms with van der Waals surface area (Å²) in [6.07, 6.45) is 5.72. The molecule has 1 fully saturated rings. The Labute approximate surface area is 113 Å². The van der Waals surface area contributed by atoms with Crippen LogP contribution in [0.5, 0.6) is 0 Å². The van der Waals surface area contributed by atoms with Crippen LogP contribution in [0.1, 0.15) is 30.7 Å². The van der Waals surface area contributed by atoms with Gasteiger partial charge in [0.1, 0.15) is 0 Å². The molecule has 4 nitrogen and oxygen atoms in total. The van der Waals surface area contributed by atoms with Gasteiger partial charge in [0, 0.05) is 0 Å². The van der Waals surface area contributed by atoms with Gasteiger partial charge in [0.25, 0.3) is 0 Å². The van der Waals surface area contributed by atoms with E-state index < -0.39 is 0 Å². The molecule has 1 N–H and O–H groups in total. The SMILES string of the molecule is c1ccc(CCC2(c3nnco3)CCNCC2)cc1. The highest BCUT2D eigenvalue weighted by atomic mass is 16.4. The second-order valence-corrected chi connectivity index (χ2v) is 5.26. The van der Waals surface area contributed by atoms with E-state index in [0.717, 1.165) is 44.7 Å². The summed E-state index contributed by atoms with van der Waals surface area (Å²) < 4.78 is 5.51. The molecule has 1 aliphatic rings. The molecule has 0 bridgehead atoms. The van der Waals surface area contributed by atoms with Crippen molar-refractivity contribution in [2.24, 2.45) is 0 Å². The maximum Gasteiger partial charge on any atom is 0.222 e. The fourth-order valence-corrected chi connectivity index (χ4v) is 2.91. The van der Waals surface area contributed by atoms with Crippen molar-refractivity contribution >= 4 is 0 Å². The summed E-state index contributed by atoms with van der Waals surface area (Å²) in [4.78, 5) is 0. The average Bonchev–Trinajstić information content (AvgIpc) is 3.02. The van der Waals surface area contributed by atoms with Crippen molar-refractivity contribution in [3.63, 3.8) is 0 Å². The van der Waals surface area contributed by atoms with Gasteiger partial charge in [-0.3, -0.25) is 0 Å². The lowest BCUT2D eigenvalue weighted by molar-refractivity contribution is 0.231. The Hall–Kier alpha value is -1.68. The maximum absolute atomic E-state index is 5.51. The third-order valence-corrected chi connectivity index (χ3v) is 4.11. The Balaban J connectivity index is 1.76. The summed E-state index contributed by atoms with van der Waals surface area (Å²) in [5.41, 5.74) is 1.43. The molecule has 0 saturated carbocycles. The number of benzene rings is 1. The van der Waals surface area contributed by atoms with Gasteiger partial charge < -0.3 is 9.73 Å². The van der Waals surface area contributed by atoms with E-state index in [-0.39, 0.29) is 5.41 Å². The van der Waals surface area contributed by atoms with E-state index in [1.165, 1.54) is 12.0 Å². The largest absolute Gasteiger partial charge is 0.427 e. The molecule has 0 aliphatic carbocycles. The third kappa shape index (κ3) is 2.68. The molecule has 2 heterocycles. The fourth-order valence-electron chi connectivity index (χ4n) is 2.91. The van der Waals surface area contributed by atoms with Crippen LogP contribution >= 0.6 is 0 Å². The smallest absolute Gasteiger partial charge is 0.222 e. The molecule has 0 amide bonds. The molecule has 1 aliphatic heterocycles. The zero-order valence-electron chi connectivity index (χ0n) is 11.0. The standard InChI is InChI=1S/C15H19N3O/c1-2-4-13(5-3-1)6-7-15(8-10-16-11-9-15)14-18-17-12-19-14/h1-5,12,16H,6-11H2. The Morgan fingerprint density at radius 1 is 1.16 bits per heavy atom. The van der Waals surface area contributed by atoms with E-state index in [2.05, 4.69) is 45.8 Å². The highest BCUT2D eigenvalue weighted by Gasteiger charge is 2.37. The summed E-state index contributed by atoms with van der Waals surface area (Å²) in [6.45, 7) is 2.05. The summed E-state index contributed by atoms with van der Waals surface area (Å²) in [7, 11) is 0. The highest BCUT2D eigenvalue weighted by molar-refractivity contribution is 5.16. The summed E-state index contributed by atoms with van der Waals surface area (Å²) >= 11 is 0. The van der Waals surface area contributed by atoms with Gasteiger partial charge in [-0.15, -0.1) is 10.2 Å². The van der Waals surface area contributed by atoms with Crippen LogP contribution in [-0.4, -0.2) is 23.3 Å². The zero-order valence-corrected chi connectivity index (χ0v) is 11.0. The topological polar surface area (TPSA) is 51.0 Å². The predicted octanol–water partition coefficient (Wildman–Crippen LogP) is 2.32. The predicted molar refractivity (Wildman–Crippen MR) is 72.8 cm³/mol. The molecule has 19 heavy (non-hydrogen) atoms. The van der Waals surface area contributed by atoms with Crippen molar-refractivity contribution in [3.05, 3.63) is 48.2 Å². The Morgan fingerprint density at radius 3 is 2.63 bits per heavy atom. The normalized spacial score (nSPS) is 18.3. The first kappa shape index (κ1) is 12.4. The Kier molecular flexibility index (Phi) is 3.60.